The smallest absolute Gasteiger partial charge is 0.122 e. The van der Waals surface area contributed by atoms with Crippen molar-refractivity contribution in [2.45, 2.75) is 78.4 Å². The number of hydrogen-bond acceptors (Lipinski definition) is 2. The zero-order chi connectivity index (χ0) is 13.2. The zero-order valence-electron chi connectivity index (χ0n) is 12.3. The van der Waals surface area contributed by atoms with E-state index >= 15 is 0 Å². The van der Waals surface area contributed by atoms with E-state index in [4.69, 9.17) is 0 Å². The molecule has 3 heteroatoms. The van der Waals surface area contributed by atoms with Gasteiger partial charge in [-0.3, -0.25) is 0 Å². The molecule has 104 valence electrons. The maximum absolute atomic E-state index is 4.42. The summed E-state index contributed by atoms with van der Waals surface area (Å²) in [4.78, 5) is 4.42. The van der Waals surface area contributed by atoms with Gasteiger partial charge in [0, 0.05) is 25.0 Å². The fraction of sp³-hybridized carbons (Fsp3) is 0.800. The van der Waals surface area contributed by atoms with Crippen LogP contribution in [0.5, 0.6) is 0 Å². The molecule has 1 aromatic rings. The van der Waals surface area contributed by atoms with Gasteiger partial charge in [0.1, 0.15) is 5.82 Å². The minimum absolute atomic E-state index is 0.518. The van der Waals surface area contributed by atoms with Gasteiger partial charge in [0.25, 0.3) is 0 Å². The van der Waals surface area contributed by atoms with Gasteiger partial charge in [-0.1, -0.05) is 52.9 Å². The molecule has 1 heterocycles. The summed E-state index contributed by atoms with van der Waals surface area (Å²) in [7, 11) is 0. The minimum Gasteiger partial charge on any atom is -0.334 e. The molecule has 0 atom stereocenters. The highest BCUT2D eigenvalue weighted by Gasteiger charge is 2.02. The Hall–Kier alpha value is -0.830. The third-order valence-electron chi connectivity index (χ3n) is 3.22. The lowest BCUT2D eigenvalue weighted by Crippen LogP contribution is -2.24. The monoisotopic (exact) mass is 251 g/mol. The molecular formula is C15H29N3. The quantitative estimate of drug-likeness (QED) is 0.642. The topological polar surface area (TPSA) is 29.9 Å². The average molecular weight is 251 g/mol. The van der Waals surface area contributed by atoms with Crippen molar-refractivity contribution in [3.63, 3.8) is 0 Å². The summed E-state index contributed by atoms with van der Waals surface area (Å²) in [6.07, 6.45) is 12.1. The first kappa shape index (κ1) is 15.2. The van der Waals surface area contributed by atoms with E-state index in [2.05, 4.69) is 41.8 Å². The number of rotatable bonds is 10. The zero-order valence-corrected chi connectivity index (χ0v) is 12.3. The predicted octanol–water partition coefficient (Wildman–Crippen LogP) is 3.74. The average Bonchev–Trinajstić information content (AvgIpc) is 2.78. The molecule has 0 radical (unpaired) electrons. The molecule has 0 bridgehead atoms. The Morgan fingerprint density at radius 3 is 2.61 bits per heavy atom. The molecule has 0 saturated heterocycles. The third-order valence-corrected chi connectivity index (χ3v) is 3.22. The van der Waals surface area contributed by atoms with E-state index in [-0.39, 0.29) is 0 Å². The van der Waals surface area contributed by atoms with E-state index < -0.39 is 0 Å². The maximum Gasteiger partial charge on any atom is 0.122 e. The molecule has 0 aliphatic rings. The van der Waals surface area contributed by atoms with Crippen LogP contribution < -0.4 is 5.32 Å². The molecular weight excluding hydrogens is 222 g/mol. The van der Waals surface area contributed by atoms with Gasteiger partial charge in [0.2, 0.25) is 0 Å². The van der Waals surface area contributed by atoms with Crippen LogP contribution >= 0.6 is 0 Å². The summed E-state index contributed by atoms with van der Waals surface area (Å²) in [5.41, 5.74) is 0. The fourth-order valence-electron chi connectivity index (χ4n) is 2.07. The van der Waals surface area contributed by atoms with E-state index in [9.17, 15) is 0 Å². The Labute approximate surface area is 112 Å². The lowest BCUT2D eigenvalue weighted by Gasteiger charge is -2.10. The van der Waals surface area contributed by atoms with E-state index in [1.807, 2.05) is 6.20 Å². The number of hydrogen-bond donors (Lipinski definition) is 1. The van der Waals surface area contributed by atoms with Gasteiger partial charge in [0.15, 0.2) is 0 Å². The van der Waals surface area contributed by atoms with Crippen molar-refractivity contribution in [3.8, 4) is 0 Å². The van der Waals surface area contributed by atoms with E-state index in [1.54, 1.807) is 0 Å². The van der Waals surface area contributed by atoms with Crippen molar-refractivity contribution in [1.82, 2.24) is 14.9 Å². The molecule has 0 amide bonds. The molecule has 0 aromatic carbocycles. The number of aromatic nitrogens is 2. The van der Waals surface area contributed by atoms with Crippen LogP contribution in [0.4, 0.5) is 0 Å². The number of aryl methyl sites for hydroxylation is 1. The Balaban J connectivity index is 2.19. The fourth-order valence-corrected chi connectivity index (χ4v) is 2.07. The van der Waals surface area contributed by atoms with Crippen LogP contribution in [0.3, 0.4) is 0 Å². The molecule has 0 spiro atoms. The highest BCUT2D eigenvalue weighted by atomic mass is 15.1. The summed E-state index contributed by atoms with van der Waals surface area (Å²) in [5, 5.41) is 3.42. The molecule has 0 aliphatic heterocycles. The largest absolute Gasteiger partial charge is 0.334 e. The molecule has 0 unspecified atom stereocenters. The minimum atomic E-state index is 0.518. The van der Waals surface area contributed by atoms with Crippen LogP contribution in [0.25, 0.3) is 0 Å². The predicted molar refractivity (Wildman–Crippen MR) is 77.6 cm³/mol. The van der Waals surface area contributed by atoms with Gasteiger partial charge in [-0.25, -0.2) is 4.98 Å². The second kappa shape index (κ2) is 9.15. The Bertz CT molecular complexity index is 304. The first-order valence-corrected chi connectivity index (χ1v) is 7.47. The highest BCUT2D eigenvalue weighted by Crippen LogP contribution is 2.07. The van der Waals surface area contributed by atoms with Crippen LogP contribution in [0, 0.1) is 0 Å². The Morgan fingerprint density at radius 2 is 1.89 bits per heavy atom. The van der Waals surface area contributed by atoms with Crippen LogP contribution in [0.1, 0.15) is 65.1 Å². The normalized spacial score (nSPS) is 11.3. The highest BCUT2D eigenvalue weighted by molar-refractivity contribution is 4.92. The molecule has 1 rings (SSSR count). The SMILES string of the molecule is CCCCCCCCn1ccnc1CNC(C)C. The summed E-state index contributed by atoms with van der Waals surface area (Å²) < 4.78 is 2.29. The Morgan fingerprint density at radius 1 is 1.17 bits per heavy atom. The van der Waals surface area contributed by atoms with Crippen molar-refractivity contribution >= 4 is 0 Å². The lowest BCUT2D eigenvalue weighted by atomic mass is 10.1. The van der Waals surface area contributed by atoms with Gasteiger partial charge in [-0.2, -0.15) is 0 Å². The summed E-state index contributed by atoms with van der Waals surface area (Å²) in [6, 6.07) is 0.518. The second-order valence-corrected chi connectivity index (χ2v) is 5.34. The first-order valence-electron chi connectivity index (χ1n) is 7.47. The van der Waals surface area contributed by atoms with Crippen LogP contribution in [-0.2, 0) is 13.1 Å². The van der Waals surface area contributed by atoms with Crippen molar-refractivity contribution in [2.24, 2.45) is 0 Å². The van der Waals surface area contributed by atoms with Gasteiger partial charge in [-0.15, -0.1) is 0 Å². The summed E-state index contributed by atoms with van der Waals surface area (Å²) in [6.45, 7) is 8.59. The van der Waals surface area contributed by atoms with Crippen molar-refractivity contribution in [2.75, 3.05) is 0 Å². The molecule has 18 heavy (non-hydrogen) atoms. The summed E-state index contributed by atoms with van der Waals surface area (Å²) in [5.74, 6) is 1.16. The first-order chi connectivity index (χ1) is 8.74. The molecule has 3 nitrogen and oxygen atoms in total. The van der Waals surface area contributed by atoms with Crippen LogP contribution in [0.2, 0.25) is 0 Å². The maximum atomic E-state index is 4.42. The van der Waals surface area contributed by atoms with Crippen molar-refractivity contribution in [1.29, 1.82) is 0 Å². The van der Waals surface area contributed by atoms with Crippen molar-refractivity contribution < 1.29 is 0 Å². The number of imidazole rings is 1. The summed E-state index contributed by atoms with van der Waals surface area (Å²) >= 11 is 0. The van der Waals surface area contributed by atoms with Gasteiger partial charge >= 0.3 is 0 Å². The molecule has 1 aromatic heterocycles. The van der Waals surface area contributed by atoms with Gasteiger partial charge in [-0.05, 0) is 6.42 Å². The molecule has 0 fully saturated rings. The lowest BCUT2D eigenvalue weighted by molar-refractivity contribution is 0.517. The molecule has 1 N–H and O–H groups in total. The number of unbranched alkanes of at least 4 members (excludes halogenated alkanes) is 5. The second-order valence-electron chi connectivity index (χ2n) is 5.34. The van der Waals surface area contributed by atoms with E-state index in [1.165, 1.54) is 38.5 Å². The number of nitrogens with zero attached hydrogens (tertiary/aromatic N) is 2. The van der Waals surface area contributed by atoms with E-state index in [0.29, 0.717) is 6.04 Å². The standard InChI is InChI=1S/C15H29N3/c1-4-5-6-7-8-9-11-18-12-10-16-15(18)13-17-14(2)3/h10,12,14,17H,4-9,11,13H2,1-3H3. The van der Waals surface area contributed by atoms with E-state index in [0.717, 1.165) is 18.9 Å². The van der Waals surface area contributed by atoms with Crippen LogP contribution in [0.15, 0.2) is 12.4 Å². The Kier molecular flexibility index (Phi) is 7.74. The van der Waals surface area contributed by atoms with Gasteiger partial charge < -0.3 is 9.88 Å². The third kappa shape index (κ3) is 6.20. The number of nitrogens with one attached hydrogen (secondary N) is 1. The van der Waals surface area contributed by atoms with Crippen LogP contribution in [-0.4, -0.2) is 15.6 Å². The molecule has 0 aliphatic carbocycles. The van der Waals surface area contributed by atoms with Gasteiger partial charge in [0.05, 0.1) is 6.54 Å². The molecule has 0 saturated carbocycles. The van der Waals surface area contributed by atoms with Crippen molar-refractivity contribution in [3.05, 3.63) is 18.2 Å².